The molecule has 1 N–H and O–H groups in total. The smallest absolute Gasteiger partial charge is 0.269 e. The van der Waals surface area contributed by atoms with Crippen molar-refractivity contribution in [3.8, 4) is 0 Å². The Morgan fingerprint density at radius 2 is 1.76 bits per heavy atom. The number of non-ortho nitro benzene ring substituents is 1. The first-order chi connectivity index (χ1) is 12.1. The number of carbonyl (C=O) groups is 2. The number of nitro groups is 1. The van der Waals surface area contributed by atoms with Crippen LogP contribution in [-0.4, -0.2) is 34.2 Å². The maximum Gasteiger partial charge on any atom is 0.269 e. The zero-order valence-corrected chi connectivity index (χ0v) is 13.4. The van der Waals surface area contributed by atoms with E-state index in [4.69, 9.17) is 0 Å². The van der Waals surface area contributed by atoms with Gasteiger partial charge in [-0.2, -0.15) is 0 Å². The van der Waals surface area contributed by atoms with Crippen LogP contribution >= 0.6 is 0 Å². The van der Waals surface area contributed by atoms with Crippen LogP contribution in [0.4, 0.5) is 11.4 Å². The number of nitro benzene ring substituents is 1. The first-order valence-corrected chi connectivity index (χ1v) is 7.97. The summed E-state index contributed by atoms with van der Waals surface area (Å²) in [6.07, 6.45) is 1.34. The lowest BCUT2D eigenvalue weighted by Gasteiger charge is -2.24. The van der Waals surface area contributed by atoms with Crippen molar-refractivity contribution in [2.45, 2.75) is 18.9 Å². The molecule has 0 aromatic heterocycles. The van der Waals surface area contributed by atoms with Crippen LogP contribution in [0.2, 0.25) is 0 Å². The highest BCUT2D eigenvalue weighted by atomic mass is 16.6. The predicted molar refractivity (Wildman–Crippen MR) is 92.2 cm³/mol. The first-order valence-electron chi connectivity index (χ1n) is 7.97. The monoisotopic (exact) mass is 339 g/mol. The lowest BCUT2D eigenvalue weighted by molar-refractivity contribution is -0.384. The second kappa shape index (κ2) is 7.12. The van der Waals surface area contributed by atoms with E-state index < -0.39 is 11.0 Å². The summed E-state index contributed by atoms with van der Waals surface area (Å²) in [5.74, 6) is -0.514. The Morgan fingerprint density at radius 3 is 2.40 bits per heavy atom. The highest BCUT2D eigenvalue weighted by Gasteiger charge is 2.34. The van der Waals surface area contributed by atoms with E-state index in [1.807, 2.05) is 18.2 Å². The van der Waals surface area contributed by atoms with Gasteiger partial charge in [0.2, 0.25) is 5.91 Å². The maximum atomic E-state index is 12.7. The standard InChI is InChI=1S/C18H17N3O4/c22-17(19-14-5-2-1-3-6-14)16-7-4-12-20(16)18(23)13-8-10-15(11-9-13)21(24)25/h1-3,5-6,8-11,16H,4,7,12H2,(H,19,22)/t16-/m1/s1. The molecule has 128 valence electrons. The minimum atomic E-state index is -0.539. The molecular formula is C18H17N3O4. The molecule has 1 atom stereocenters. The molecule has 7 heteroatoms. The summed E-state index contributed by atoms with van der Waals surface area (Å²) in [6.45, 7) is 0.489. The molecule has 0 bridgehead atoms. The molecule has 7 nitrogen and oxygen atoms in total. The largest absolute Gasteiger partial charge is 0.327 e. The average Bonchev–Trinajstić information content (AvgIpc) is 3.12. The van der Waals surface area contributed by atoms with E-state index in [9.17, 15) is 19.7 Å². The number of amides is 2. The molecule has 0 aliphatic carbocycles. The van der Waals surface area contributed by atoms with Crippen molar-refractivity contribution in [3.63, 3.8) is 0 Å². The normalized spacial score (nSPS) is 16.5. The lowest BCUT2D eigenvalue weighted by Crippen LogP contribution is -2.43. The summed E-state index contributed by atoms with van der Waals surface area (Å²) >= 11 is 0. The van der Waals surface area contributed by atoms with Crippen molar-refractivity contribution in [2.24, 2.45) is 0 Å². The Bertz CT molecular complexity index is 790. The van der Waals surface area contributed by atoms with Gasteiger partial charge in [-0.25, -0.2) is 0 Å². The summed E-state index contributed by atoms with van der Waals surface area (Å²) in [7, 11) is 0. The van der Waals surface area contributed by atoms with Gasteiger partial charge in [0.05, 0.1) is 4.92 Å². The Labute approximate surface area is 144 Å². The molecule has 25 heavy (non-hydrogen) atoms. The van der Waals surface area contributed by atoms with Gasteiger partial charge in [-0.1, -0.05) is 18.2 Å². The quantitative estimate of drug-likeness (QED) is 0.685. The van der Waals surface area contributed by atoms with Gasteiger partial charge in [0, 0.05) is 29.9 Å². The number of nitrogens with one attached hydrogen (secondary N) is 1. The fourth-order valence-electron chi connectivity index (χ4n) is 2.92. The molecule has 1 saturated heterocycles. The summed E-state index contributed by atoms with van der Waals surface area (Å²) in [6, 6.07) is 14.0. The average molecular weight is 339 g/mol. The Balaban J connectivity index is 1.73. The molecule has 2 aromatic rings. The third-order valence-corrected chi connectivity index (χ3v) is 4.18. The molecule has 0 saturated carbocycles. The van der Waals surface area contributed by atoms with Crippen LogP contribution < -0.4 is 5.32 Å². The summed E-state index contributed by atoms with van der Waals surface area (Å²) in [5, 5.41) is 13.5. The van der Waals surface area contributed by atoms with E-state index in [0.29, 0.717) is 24.2 Å². The minimum absolute atomic E-state index is 0.0728. The number of para-hydroxylation sites is 1. The van der Waals surface area contributed by atoms with Crippen molar-refractivity contribution in [1.29, 1.82) is 0 Å². The molecule has 2 aromatic carbocycles. The van der Waals surface area contributed by atoms with Gasteiger partial charge in [0.15, 0.2) is 0 Å². The van der Waals surface area contributed by atoms with E-state index in [2.05, 4.69) is 5.32 Å². The number of rotatable bonds is 4. The van der Waals surface area contributed by atoms with Gasteiger partial charge >= 0.3 is 0 Å². The minimum Gasteiger partial charge on any atom is -0.327 e. The van der Waals surface area contributed by atoms with Gasteiger partial charge in [0.1, 0.15) is 6.04 Å². The zero-order valence-electron chi connectivity index (χ0n) is 13.4. The number of nitrogens with zero attached hydrogens (tertiary/aromatic N) is 2. The summed E-state index contributed by atoms with van der Waals surface area (Å²) in [4.78, 5) is 36.9. The molecule has 1 fully saturated rings. The molecule has 1 aliphatic rings. The predicted octanol–water partition coefficient (Wildman–Crippen LogP) is 2.84. The fourth-order valence-corrected chi connectivity index (χ4v) is 2.92. The van der Waals surface area contributed by atoms with Crippen molar-refractivity contribution in [1.82, 2.24) is 4.90 Å². The van der Waals surface area contributed by atoms with Gasteiger partial charge in [0.25, 0.3) is 11.6 Å². The highest BCUT2D eigenvalue weighted by molar-refractivity contribution is 6.01. The van der Waals surface area contributed by atoms with Crippen molar-refractivity contribution >= 4 is 23.2 Å². The van der Waals surface area contributed by atoms with Crippen molar-refractivity contribution in [2.75, 3.05) is 11.9 Å². The number of hydrogen-bond donors (Lipinski definition) is 1. The van der Waals surface area contributed by atoms with Crippen LogP contribution in [0.25, 0.3) is 0 Å². The van der Waals surface area contributed by atoms with E-state index in [-0.39, 0.29) is 17.5 Å². The Morgan fingerprint density at radius 1 is 1.08 bits per heavy atom. The third-order valence-electron chi connectivity index (χ3n) is 4.18. The topological polar surface area (TPSA) is 92.6 Å². The molecule has 3 rings (SSSR count). The SMILES string of the molecule is O=C(Nc1ccccc1)[C@H]1CCCN1C(=O)c1ccc([N+](=O)[O-])cc1. The van der Waals surface area contributed by atoms with Crippen LogP contribution in [0.15, 0.2) is 54.6 Å². The van der Waals surface area contributed by atoms with Crippen LogP contribution in [-0.2, 0) is 4.79 Å². The fraction of sp³-hybridized carbons (Fsp3) is 0.222. The summed E-state index contributed by atoms with van der Waals surface area (Å²) < 4.78 is 0. The third kappa shape index (κ3) is 3.65. The van der Waals surface area contributed by atoms with Gasteiger partial charge in [-0.15, -0.1) is 0 Å². The van der Waals surface area contributed by atoms with Gasteiger partial charge in [-0.3, -0.25) is 19.7 Å². The number of carbonyl (C=O) groups excluding carboxylic acids is 2. The van der Waals surface area contributed by atoms with E-state index in [1.165, 1.54) is 29.2 Å². The number of likely N-dealkylation sites (tertiary alicyclic amines) is 1. The van der Waals surface area contributed by atoms with E-state index in [1.54, 1.807) is 12.1 Å². The van der Waals surface area contributed by atoms with E-state index in [0.717, 1.165) is 6.42 Å². The van der Waals surface area contributed by atoms with Gasteiger partial charge in [-0.05, 0) is 37.1 Å². The summed E-state index contributed by atoms with van der Waals surface area (Å²) in [5.41, 5.74) is 0.948. The van der Waals surface area contributed by atoms with Crippen LogP contribution in [0.1, 0.15) is 23.2 Å². The molecule has 0 radical (unpaired) electrons. The zero-order chi connectivity index (χ0) is 17.8. The number of benzene rings is 2. The second-order valence-corrected chi connectivity index (χ2v) is 5.82. The lowest BCUT2D eigenvalue weighted by atomic mass is 10.1. The number of anilines is 1. The molecule has 0 spiro atoms. The molecular weight excluding hydrogens is 322 g/mol. The van der Waals surface area contributed by atoms with Crippen LogP contribution in [0.5, 0.6) is 0 Å². The molecule has 2 amide bonds. The van der Waals surface area contributed by atoms with Crippen molar-refractivity contribution in [3.05, 3.63) is 70.3 Å². The van der Waals surface area contributed by atoms with Crippen LogP contribution in [0, 0.1) is 10.1 Å². The highest BCUT2D eigenvalue weighted by Crippen LogP contribution is 2.22. The molecule has 1 aliphatic heterocycles. The Hall–Kier alpha value is -3.22. The van der Waals surface area contributed by atoms with Gasteiger partial charge < -0.3 is 10.2 Å². The molecule has 1 heterocycles. The van der Waals surface area contributed by atoms with Crippen molar-refractivity contribution < 1.29 is 14.5 Å². The van der Waals surface area contributed by atoms with E-state index >= 15 is 0 Å². The number of hydrogen-bond acceptors (Lipinski definition) is 4. The molecule has 0 unspecified atom stereocenters. The Kier molecular flexibility index (Phi) is 4.74. The van der Waals surface area contributed by atoms with Crippen LogP contribution in [0.3, 0.4) is 0 Å². The first kappa shape index (κ1) is 16.6. The second-order valence-electron chi connectivity index (χ2n) is 5.82. The maximum absolute atomic E-state index is 12.7.